The maximum Gasteiger partial charge on any atom is 0.264 e. The Morgan fingerprint density at radius 1 is 1.17 bits per heavy atom. The largest absolute Gasteiger partial charge is 0.493 e. The number of amides is 1. The standard InChI is InChI=1S/C22H22N2O4S/c1-3-4-15-5-8-17(9-6-15)18-14-29-22(23-18)24-21(26)13-28-19-10-7-16(12-25)11-20(19)27-2/h5-12,14H,3-4,13H2,1-2H3,(H,23,24,26). The van der Waals surface area contributed by atoms with Gasteiger partial charge in [-0.1, -0.05) is 37.6 Å². The Bertz CT molecular complexity index is 983. The number of anilines is 1. The van der Waals surface area contributed by atoms with Gasteiger partial charge in [-0.3, -0.25) is 14.9 Å². The number of hydrogen-bond donors (Lipinski definition) is 1. The fraction of sp³-hybridized carbons (Fsp3) is 0.227. The van der Waals surface area contributed by atoms with Gasteiger partial charge in [-0.05, 0) is 30.2 Å². The molecular weight excluding hydrogens is 388 g/mol. The van der Waals surface area contributed by atoms with Gasteiger partial charge in [-0.25, -0.2) is 4.98 Å². The molecule has 6 nitrogen and oxygen atoms in total. The van der Waals surface area contributed by atoms with Crippen LogP contribution < -0.4 is 14.8 Å². The van der Waals surface area contributed by atoms with Crippen molar-refractivity contribution in [2.75, 3.05) is 19.0 Å². The van der Waals surface area contributed by atoms with Crippen molar-refractivity contribution in [3.8, 4) is 22.8 Å². The smallest absolute Gasteiger partial charge is 0.264 e. The van der Waals surface area contributed by atoms with Crippen molar-refractivity contribution in [3.63, 3.8) is 0 Å². The van der Waals surface area contributed by atoms with Crippen LogP contribution in [-0.4, -0.2) is 30.9 Å². The molecule has 0 saturated heterocycles. The predicted octanol–water partition coefficient (Wildman–Crippen LogP) is 4.60. The zero-order valence-electron chi connectivity index (χ0n) is 16.3. The third-order valence-electron chi connectivity index (χ3n) is 4.22. The van der Waals surface area contributed by atoms with Gasteiger partial charge in [0.05, 0.1) is 12.8 Å². The molecule has 1 N–H and O–H groups in total. The SMILES string of the molecule is CCCc1ccc(-c2csc(NC(=O)COc3ccc(C=O)cc3OC)n2)cc1. The molecule has 0 aliphatic rings. The van der Waals surface area contributed by atoms with Crippen LogP contribution in [-0.2, 0) is 11.2 Å². The normalized spacial score (nSPS) is 10.4. The summed E-state index contributed by atoms with van der Waals surface area (Å²) < 4.78 is 10.7. The summed E-state index contributed by atoms with van der Waals surface area (Å²) in [4.78, 5) is 27.5. The summed E-state index contributed by atoms with van der Waals surface area (Å²) in [6, 6.07) is 13.1. The number of carbonyl (C=O) groups is 2. The highest BCUT2D eigenvalue weighted by Crippen LogP contribution is 2.28. The van der Waals surface area contributed by atoms with Crippen LogP contribution in [0.5, 0.6) is 11.5 Å². The van der Waals surface area contributed by atoms with Crippen molar-refractivity contribution in [2.24, 2.45) is 0 Å². The van der Waals surface area contributed by atoms with Gasteiger partial charge in [0.1, 0.15) is 6.29 Å². The van der Waals surface area contributed by atoms with Crippen LogP contribution in [0.15, 0.2) is 47.8 Å². The van der Waals surface area contributed by atoms with Crippen LogP contribution >= 0.6 is 11.3 Å². The first-order chi connectivity index (χ1) is 14.1. The highest BCUT2D eigenvalue weighted by atomic mass is 32.1. The molecule has 7 heteroatoms. The molecule has 150 valence electrons. The van der Waals surface area contributed by atoms with Gasteiger partial charge in [0.2, 0.25) is 0 Å². The Kier molecular flexibility index (Phi) is 6.97. The lowest BCUT2D eigenvalue weighted by molar-refractivity contribution is -0.118. The van der Waals surface area contributed by atoms with Gasteiger partial charge >= 0.3 is 0 Å². The molecule has 1 aromatic heterocycles. The van der Waals surface area contributed by atoms with Gasteiger partial charge in [-0.15, -0.1) is 11.3 Å². The van der Waals surface area contributed by atoms with E-state index in [2.05, 4.69) is 29.4 Å². The average molecular weight is 410 g/mol. The number of aryl methyl sites for hydroxylation is 1. The molecule has 0 fully saturated rings. The molecule has 29 heavy (non-hydrogen) atoms. The minimum absolute atomic E-state index is 0.197. The molecule has 1 heterocycles. The second-order valence-corrected chi connectivity index (χ2v) is 7.21. The van der Waals surface area contributed by atoms with Crippen molar-refractivity contribution in [3.05, 3.63) is 59.0 Å². The second-order valence-electron chi connectivity index (χ2n) is 6.35. The quantitative estimate of drug-likeness (QED) is 0.522. The summed E-state index contributed by atoms with van der Waals surface area (Å²) in [5, 5.41) is 5.16. The Labute approximate surface area is 173 Å². The Morgan fingerprint density at radius 3 is 2.66 bits per heavy atom. The number of carbonyl (C=O) groups excluding carboxylic acids is 2. The van der Waals surface area contributed by atoms with E-state index in [4.69, 9.17) is 9.47 Å². The first-order valence-corrected chi connectivity index (χ1v) is 10.1. The van der Waals surface area contributed by atoms with E-state index < -0.39 is 0 Å². The number of aromatic nitrogens is 1. The number of aldehydes is 1. The Morgan fingerprint density at radius 2 is 1.97 bits per heavy atom. The van der Waals surface area contributed by atoms with E-state index in [1.807, 2.05) is 17.5 Å². The van der Waals surface area contributed by atoms with Crippen molar-refractivity contribution < 1.29 is 19.1 Å². The number of benzene rings is 2. The highest BCUT2D eigenvalue weighted by Gasteiger charge is 2.11. The number of nitrogens with one attached hydrogen (secondary N) is 1. The summed E-state index contributed by atoms with van der Waals surface area (Å²) in [7, 11) is 1.47. The first kappa shape index (κ1) is 20.5. The van der Waals surface area contributed by atoms with E-state index >= 15 is 0 Å². The summed E-state index contributed by atoms with van der Waals surface area (Å²) in [5.41, 5.74) is 3.60. The van der Waals surface area contributed by atoms with Gasteiger partial charge in [0.25, 0.3) is 5.91 Å². The van der Waals surface area contributed by atoms with Gasteiger partial charge in [0, 0.05) is 16.5 Å². The number of methoxy groups -OCH3 is 1. The minimum Gasteiger partial charge on any atom is -0.493 e. The molecular formula is C22H22N2O4S. The highest BCUT2D eigenvalue weighted by molar-refractivity contribution is 7.14. The molecule has 0 spiro atoms. The van der Waals surface area contributed by atoms with Crippen molar-refractivity contribution >= 4 is 28.7 Å². The zero-order chi connectivity index (χ0) is 20.6. The number of ether oxygens (including phenoxy) is 2. The molecule has 3 rings (SSSR count). The van der Waals surface area contributed by atoms with Gasteiger partial charge < -0.3 is 9.47 Å². The molecule has 3 aromatic rings. The lowest BCUT2D eigenvalue weighted by Gasteiger charge is -2.10. The van der Waals surface area contributed by atoms with Crippen LogP contribution in [0, 0.1) is 0 Å². The number of nitrogens with zero attached hydrogens (tertiary/aromatic N) is 1. The Balaban J connectivity index is 1.58. The fourth-order valence-electron chi connectivity index (χ4n) is 2.77. The monoisotopic (exact) mass is 410 g/mol. The Hall–Kier alpha value is -3.19. The predicted molar refractivity (Wildman–Crippen MR) is 114 cm³/mol. The van der Waals surface area contributed by atoms with E-state index in [9.17, 15) is 9.59 Å². The molecule has 2 aromatic carbocycles. The topological polar surface area (TPSA) is 77.5 Å². The summed E-state index contributed by atoms with van der Waals surface area (Å²) in [6.45, 7) is 1.96. The third kappa shape index (κ3) is 5.42. The van der Waals surface area contributed by atoms with Crippen LogP contribution in [0.3, 0.4) is 0 Å². The van der Waals surface area contributed by atoms with Crippen LogP contribution in [0.4, 0.5) is 5.13 Å². The zero-order valence-corrected chi connectivity index (χ0v) is 17.1. The maximum absolute atomic E-state index is 12.2. The molecule has 0 aliphatic carbocycles. The van der Waals surface area contributed by atoms with Crippen molar-refractivity contribution in [2.45, 2.75) is 19.8 Å². The van der Waals surface area contributed by atoms with E-state index in [-0.39, 0.29) is 12.5 Å². The number of rotatable bonds is 9. The molecule has 0 unspecified atom stereocenters. The molecule has 0 bridgehead atoms. The molecule has 0 aliphatic heterocycles. The first-order valence-electron chi connectivity index (χ1n) is 9.23. The number of hydrogen-bond acceptors (Lipinski definition) is 6. The second kappa shape index (κ2) is 9.84. The maximum atomic E-state index is 12.2. The van der Waals surface area contributed by atoms with E-state index in [1.54, 1.807) is 18.2 Å². The number of thiazole rings is 1. The summed E-state index contributed by atoms with van der Waals surface area (Å²) in [6.07, 6.45) is 2.89. The minimum atomic E-state index is -0.328. The summed E-state index contributed by atoms with van der Waals surface area (Å²) in [5.74, 6) is 0.455. The average Bonchev–Trinajstić information content (AvgIpc) is 3.21. The van der Waals surface area contributed by atoms with E-state index in [1.165, 1.54) is 24.0 Å². The molecule has 0 atom stereocenters. The summed E-state index contributed by atoms with van der Waals surface area (Å²) >= 11 is 1.36. The van der Waals surface area contributed by atoms with Gasteiger partial charge in [-0.2, -0.15) is 0 Å². The molecule has 0 saturated carbocycles. The van der Waals surface area contributed by atoms with Crippen molar-refractivity contribution in [1.82, 2.24) is 4.98 Å². The van der Waals surface area contributed by atoms with E-state index in [0.29, 0.717) is 22.2 Å². The lowest BCUT2D eigenvalue weighted by atomic mass is 10.1. The van der Waals surface area contributed by atoms with Crippen molar-refractivity contribution in [1.29, 1.82) is 0 Å². The van der Waals surface area contributed by atoms with Crippen LogP contribution in [0.2, 0.25) is 0 Å². The fourth-order valence-corrected chi connectivity index (χ4v) is 3.51. The molecule has 0 radical (unpaired) electrons. The van der Waals surface area contributed by atoms with Crippen LogP contribution in [0.1, 0.15) is 29.3 Å². The van der Waals surface area contributed by atoms with Gasteiger partial charge in [0.15, 0.2) is 23.2 Å². The molecule has 1 amide bonds. The third-order valence-corrected chi connectivity index (χ3v) is 4.98. The van der Waals surface area contributed by atoms with E-state index in [0.717, 1.165) is 30.4 Å². The lowest BCUT2D eigenvalue weighted by Crippen LogP contribution is -2.20. The van der Waals surface area contributed by atoms with Crippen LogP contribution in [0.25, 0.3) is 11.3 Å².